The number of carbonyl (C=O) groups excluding carboxylic acids is 1. The molecule has 0 radical (unpaired) electrons. The lowest BCUT2D eigenvalue weighted by atomic mass is 10.2. The summed E-state index contributed by atoms with van der Waals surface area (Å²) in [5.74, 6) is 0.865. The number of amides is 1. The van der Waals surface area contributed by atoms with E-state index < -0.39 is 0 Å². The van der Waals surface area contributed by atoms with Gasteiger partial charge in [0.1, 0.15) is 6.33 Å². The first-order valence-electron chi connectivity index (χ1n) is 4.72. The average molecular weight is 196 g/mol. The molecular weight excluding hydrogens is 180 g/mol. The van der Waals surface area contributed by atoms with Crippen molar-refractivity contribution in [3.05, 3.63) is 12.2 Å². The van der Waals surface area contributed by atoms with Gasteiger partial charge < -0.3 is 5.32 Å². The van der Waals surface area contributed by atoms with Crippen LogP contribution in [0.1, 0.15) is 19.7 Å². The third kappa shape index (κ3) is 3.16. The van der Waals surface area contributed by atoms with Crippen LogP contribution in [0.2, 0.25) is 0 Å². The molecule has 1 heterocycles. The van der Waals surface area contributed by atoms with E-state index in [2.05, 4.69) is 15.4 Å². The highest BCUT2D eigenvalue weighted by Crippen LogP contribution is 1.92. The van der Waals surface area contributed by atoms with Crippen LogP contribution >= 0.6 is 0 Å². The van der Waals surface area contributed by atoms with Crippen molar-refractivity contribution >= 4 is 5.91 Å². The summed E-state index contributed by atoms with van der Waals surface area (Å²) < 4.78 is 1.65. The second-order valence-corrected chi connectivity index (χ2v) is 3.53. The highest BCUT2D eigenvalue weighted by atomic mass is 16.1. The Morgan fingerprint density at radius 1 is 1.64 bits per heavy atom. The molecule has 0 aliphatic rings. The van der Waals surface area contributed by atoms with Crippen LogP contribution in [-0.4, -0.2) is 27.2 Å². The van der Waals surface area contributed by atoms with E-state index in [-0.39, 0.29) is 11.8 Å². The van der Waals surface area contributed by atoms with E-state index in [1.54, 1.807) is 11.0 Å². The average Bonchev–Trinajstić information content (AvgIpc) is 2.51. The van der Waals surface area contributed by atoms with Gasteiger partial charge in [0.05, 0.1) is 0 Å². The third-order valence-corrected chi connectivity index (χ3v) is 1.82. The van der Waals surface area contributed by atoms with E-state index >= 15 is 0 Å². The van der Waals surface area contributed by atoms with Gasteiger partial charge in [-0.05, 0) is 0 Å². The van der Waals surface area contributed by atoms with Gasteiger partial charge in [0.15, 0.2) is 5.82 Å². The lowest BCUT2D eigenvalue weighted by molar-refractivity contribution is -0.123. The standard InChI is InChI=1S/C9H16N4O/c1-7(2)9(14)10-5-4-8-11-6-13(3)12-8/h6-7H,4-5H2,1-3H3,(H,10,14). The van der Waals surface area contributed by atoms with E-state index in [0.29, 0.717) is 13.0 Å². The molecular formula is C9H16N4O. The van der Waals surface area contributed by atoms with Crippen molar-refractivity contribution in [3.63, 3.8) is 0 Å². The highest BCUT2D eigenvalue weighted by Gasteiger charge is 2.06. The van der Waals surface area contributed by atoms with Crippen LogP contribution in [0.15, 0.2) is 6.33 Å². The zero-order valence-electron chi connectivity index (χ0n) is 8.82. The molecule has 5 nitrogen and oxygen atoms in total. The Morgan fingerprint density at radius 3 is 2.86 bits per heavy atom. The fraction of sp³-hybridized carbons (Fsp3) is 0.667. The number of nitrogens with one attached hydrogen (secondary N) is 1. The molecule has 1 N–H and O–H groups in total. The summed E-state index contributed by atoms with van der Waals surface area (Å²) in [6, 6.07) is 0. The third-order valence-electron chi connectivity index (χ3n) is 1.82. The van der Waals surface area contributed by atoms with E-state index in [4.69, 9.17) is 0 Å². The number of nitrogens with zero attached hydrogens (tertiary/aromatic N) is 3. The summed E-state index contributed by atoms with van der Waals surface area (Å²) in [5, 5.41) is 6.92. The Balaban J connectivity index is 2.25. The van der Waals surface area contributed by atoms with Crippen LogP contribution in [0.5, 0.6) is 0 Å². The van der Waals surface area contributed by atoms with Crippen molar-refractivity contribution in [3.8, 4) is 0 Å². The molecule has 1 rings (SSSR count). The molecule has 1 amide bonds. The van der Waals surface area contributed by atoms with Crippen molar-refractivity contribution in [2.24, 2.45) is 13.0 Å². The second kappa shape index (κ2) is 4.74. The molecule has 1 aromatic heterocycles. The Hall–Kier alpha value is -1.39. The minimum absolute atomic E-state index is 0.0340. The molecule has 5 heteroatoms. The van der Waals surface area contributed by atoms with E-state index in [9.17, 15) is 4.79 Å². The molecule has 0 aliphatic heterocycles. The van der Waals surface area contributed by atoms with E-state index in [1.807, 2.05) is 20.9 Å². The van der Waals surface area contributed by atoms with Crippen molar-refractivity contribution in [2.75, 3.05) is 6.54 Å². The molecule has 14 heavy (non-hydrogen) atoms. The van der Waals surface area contributed by atoms with E-state index in [1.165, 1.54) is 0 Å². The van der Waals surface area contributed by atoms with Crippen molar-refractivity contribution < 1.29 is 4.79 Å². The van der Waals surface area contributed by atoms with Crippen LogP contribution in [0, 0.1) is 5.92 Å². The molecule has 0 spiro atoms. The predicted octanol–water partition coefficient (Wildman–Crippen LogP) is 0.130. The summed E-state index contributed by atoms with van der Waals surface area (Å²) in [5.41, 5.74) is 0. The fourth-order valence-electron chi connectivity index (χ4n) is 1.00. The van der Waals surface area contributed by atoms with Crippen LogP contribution in [0.25, 0.3) is 0 Å². The lowest BCUT2D eigenvalue weighted by Crippen LogP contribution is -2.29. The fourth-order valence-corrected chi connectivity index (χ4v) is 1.00. The topological polar surface area (TPSA) is 59.8 Å². The minimum atomic E-state index is 0.0340. The van der Waals surface area contributed by atoms with Crippen LogP contribution in [-0.2, 0) is 18.3 Å². The van der Waals surface area contributed by atoms with Crippen LogP contribution in [0.3, 0.4) is 0 Å². The van der Waals surface area contributed by atoms with Gasteiger partial charge in [-0.2, -0.15) is 5.10 Å². The number of rotatable bonds is 4. The normalized spacial score (nSPS) is 10.6. The van der Waals surface area contributed by atoms with Gasteiger partial charge in [-0.15, -0.1) is 0 Å². The molecule has 0 unspecified atom stereocenters. The number of hydrogen-bond donors (Lipinski definition) is 1. The zero-order chi connectivity index (χ0) is 10.6. The monoisotopic (exact) mass is 196 g/mol. The molecule has 0 saturated heterocycles. The SMILES string of the molecule is CC(C)C(=O)NCCc1ncn(C)n1. The highest BCUT2D eigenvalue weighted by molar-refractivity contribution is 5.77. The molecule has 78 valence electrons. The number of aromatic nitrogens is 3. The van der Waals surface area contributed by atoms with Gasteiger partial charge in [-0.3, -0.25) is 9.48 Å². The van der Waals surface area contributed by atoms with Gasteiger partial charge >= 0.3 is 0 Å². The van der Waals surface area contributed by atoms with Gasteiger partial charge in [0.25, 0.3) is 0 Å². The first-order chi connectivity index (χ1) is 6.59. The molecule has 0 fully saturated rings. The first-order valence-corrected chi connectivity index (χ1v) is 4.72. The lowest BCUT2D eigenvalue weighted by Gasteiger charge is -2.05. The molecule has 0 aromatic carbocycles. The summed E-state index contributed by atoms with van der Waals surface area (Å²) in [4.78, 5) is 15.2. The second-order valence-electron chi connectivity index (χ2n) is 3.53. The van der Waals surface area contributed by atoms with Crippen LogP contribution in [0.4, 0.5) is 0 Å². The molecule has 0 bridgehead atoms. The maximum Gasteiger partial charge on any atom is 0.222 e. The Morgan fingerprint density at radius 2 is 2.36 bits per heavy atom. The number of hydrogen-bond acceptors (Lipinski definition) is 3. The van der Waals surface area contributed by atoms with Gasteiger partial charge in [-0.25, -0.2) is 4.98 Å². The summed E-state index contributed by atoms with van der Waals surface area (Å²) in [6.07, 6.45) is 2.33. The van der Waals surface area contributed by atoms with Crippen molar-refractivity contribution in [1.29, 1.82) is 0 Å². The predicted molar refractivity (Wildman–Crippen MR) is 52.6 cm³/mol. The van der Waals surface area contributed by atoms with Gasteiger partial charge in [-0.1, -0.05) is 13.8 Å². The van der Waals surface area contributed by atoms with Gasteiger partial charge in [0, 0.05) is 25.9 Å². The Bertz CT molecular complexity index is 306. The number of aryl methyl sites for hydroxylation is 1. The van der Waals surface area contributed by atoms with E-state index in [0.717, 1.165) is 5.82 Å². The largest absolute Gasteiger partial charge is 0.355 e. The maximum atomic E-state index is 11.2. The smallest absolute Gasteiger partial charge is 0.222 e. The van der Waals surface area contributed by atoms with Gasteiger partial charge in [0.2, 0.25) is 5.91 Å². The zero-order valence-corrected chi connectivity index (χ0v) is 8.82. The van der Waals surface area contributed by atoms with Crippen molar-refractivity contribution in [1.82, 2.24) is 20.1 Å². The molecule has 0 saturated carbocycles. The molecule has 0 atom stereocenters. The summed E-state index contributed by atoms with van der Waals surface area (Å²) in [7, 11) is 1.82. The number of carbonyl (C=O) groups is 1. The Kier molecular flexibility index (Phi) is 3.62. The van der Waals surface area contributed by atoms with Crippen molar-refractivity contribution in [2.45, 2.75) is 20.3 Å². The molecule has 1 aromatic rings. The molecule has 0 aliphatic carbocycles. The first kappa shape index (κ1) is 10.7. The summed E-state index contributed by atoms with van der Waals surface area (Å²) >= 11 is 0. The minimum Gasteiger partial charge on any atom is -0.355 e. The quantitative estimate of drug-likeness (QED) is 0.744. The van der Waals surface area contributed by atoms with Crippen LogP contribution < -0.4 is 5.32 Å². The maximum absolute atomic E-state index is 11.2. The Labute approximate surface area is 83.5 Å². The summed E-state index contributed by atoms with van der Waals surface area (Å²) in [6.45, 7) is 4.34.